The van der Waals surface area contributed by atoms with Crippen LogP contribution in [0.5, 0.6) is 5.75 Å². The molecule has 21 heavy (non-hydrogen) atoms. The predicted octanol–water partition coefficient (Wildman–Crippen LogP) is 3.50. The number of ether oxygens (including phenoxy) is 1. The van der Waals surface area contributed by atoms with Crippen LogP contribution in [0.2, 0.25) is 0 Å². The van der Waals surface area contributed by atoms with Gasteiger partial charge in [-0.1, -0.05) is 6.07 Å². The number of carbonyl (C=O) groups is 1. The van der Waals surface area contributed by atoms with Crippen LogP contribution < -0.4 is 10.2 Å². The molecule has 2 rings (SSSR count). The number of hydrogen-bond acceptors (Lipinski definition) is 4. The van der Waals surface area contributed by atoms with Crippen molar-refractivity contribution >= 4 is 46.0 Å². The molecule has 0 saturated carbocycles. The third kappa shape index (κ3) is 4.82. The molecule has 0 saturated heterocycles. The van der Waals surface area contributed by atoms with Crippen molar-refractivity contribution in [3.8, 4) is 5.75 Å². The summed E-state index contributed by atoms with van der Waals surface area (Å²) in [5.74, 6) is 0.480. The van der Waals surface area contributed by atoms with Gasteiger partial charge in [-0.3, -0.25) is 4.79 Å². The van der Waals surface area contributed by atoms with E-state index in [9.17, 15) is 4.79 Å². The monoisotopic (exact) mass is 414 g/mol. The number of hydrogen-bond donors (Lipinski definition) is 1. The third-order valence-corrected chi connectivity index (χ3v) is 4.13. The first-order valence-corrected chi connectivity index (χ1v) is 8.27. The molecule has 1 aromatic heterocycles. The number of carbonyl (C=O) groups excluding carboxylic acids is 1. The quantitative estimate of drug-likeness (QED) is 0.463. The summed E-state index contributed by atoms with van der Waals surface area (Å²) in [6.45, 7) is 3.89. The Morgan fingerprint density at radius 1 is 1.43 bits per heavy atom. The molecule has 6 heteroatoms. The third-order valence-electron chi connectivity index (χ3n) is 2.70. The van der Waals surface area contributed by atoms with Gasteiger partial charge in [0.2, 0.25) is 0 Å². The van der Waals surface area contributed by atoms with Crippen LogP contribution in [0.4, 0.5) is 0 Å². The van der Waals surface area contributed by atoms with Gasteiger partial charge in [-0.25, -0.2) is 5.43 Å². The number of benzene rings is 1. The van der Waals surface area contributed by atoms with Gasteiger partial charge in [-0.05, 0) is 71.1 Å². The van der Waals surface area contributed by atoms with Crippen molar-refractivity contribution in [1.82, 2.24) is 5.43 Å². The number of halogens is 1. The van der Waals surface area contributed by atoms with E-state index < -0.39 is 0 Å². The molecule has 0 spiro atoms. The summed E-state index contributed by atoms with van der Waals surface area (Å²) >= 11 is 3.82. The highest BCUT2D eigenvalue weighted by Crippen LogP contribution is 2.25. The average molecular weight is 414 g/mol. The minimum atomic E-state index is -0.278. The number of thiophene rings is 1. The van der Waals surface area contributed by atoms with Gasteiger partial charge >= 0.3 is 0 Å². The summed E-state index contributed by atoms with van der Waals surface area (Å²) in [5.41, 5.74) is 4.50. The molecule has 0 aliphatic carbocycles. The SMILES string of the molecule is Cc1cc(I)cc(C)c1OCC(=O)N/N=C/c1cccs1. The normalized spacial score (nSPS) is 10.8. The second kappa shape index (κ2) is 7.56. The van der Waals surface area contributed by atoms with Gasteiger partial charge < -0.3 is 4.74 Å². The van der Waals surface area contributed by atoms with Crippen molar-refractivity contribution in [2.24, 2.45) is 5.10 Å². The highest BCUT2D eigenvalue weighted by atomic mass is 127. The fourth-order valence-corrected chi connectivity index (χ4v) is 3.35. The number of nitrogens with zero attached hydrogens (tertiary/aromatic N) is 1. The molecular weight excluding hydrogens is 399 g/mol. The van der Waals surface area contributed by atoms with Gasteiger partial charge in [0.1, 0.15) is 5.75 Å². The Morgan fingerprint density at radius 3 is 2.76 bits per heavy atom. The zero-order valence-electron chi connectivity index (χ0n) is 11.7. The van der Waals surface area contributed by atoms with Crippen molar-refractivity contribution < 1.29 is 9.53 Å². The Labute approximate surface area is 141 Å². The molecule has 0 radical (unpaired) electrons. The highest BCUT2D eigenvalue weighted by Gasteiger charge is 2.08. The van der Waals surface area contributed by atoms with Gasteiger partial charge in [-0.15, -0.1) is 11.3 Å². The van der Waals surface area contributed by atoms with Crippen LogP contribution in [-0.2, 0) is 4.79 Å². The number of amides is 1. The molecule has 1 heterocycles. The predicted molar refractivity (Wildman–Crippen MR) is 94.2 cm³/mol. The second-order valence-electron chi connectivity index (χ2n) is 4.47. The highest BCUT2D eigenvalue weighted by molar-refractivity contribution is 14.1. The lowest BCUT2D eigenvalue weighted by Gasteiger charge is -2.11. The fraction of sp³-hybridized carbons (Fsp3) is 0.200. The molecule has 0 unspecified atom stereocenters. The van der Waals surface area contributed by atoms with E-state index in [0.717, 1.165) is 25.3 Å². The molecule has 1 N–H and O–H groups in total. The first-order chi connectivity index (χ1) is 10.1. The zero-order chi connectivity index (χ0) is 15.2. The first-order valence-electron chi connectivity index (χ1n) is 6.31. The Bertz CT molecular complexity index is 631. The fourth-order valence-electron chi connectivity index (χ4n) is 1.83. The molecule has 4 nitrogen and oxygen atoms in total. The largest absolute Gasteiger partial charge is 0.483 e. The van der Waals surface area contributed by atoms with Crippen LogP contribution >= 0.6 is 33.9 Å². The van der Waals surface area contributed by atoms with Crippen LogP contribution in [0, 0.1) is 17.4 Å². The Hall–Kier alpha value is -1.41. The van der Waals surface area contributed by atoms with E-state index in [1.54, 1.807) is 17.6 Å². The molecule has 0 atom stereocenters. The van der Waals surface area contributed by atoms with E-state index in [1.807, 2.05) is 43.5 Å². The number of hydrazone groups is 1. The standard InChI is InChI=1S/C15H15IN2O2S/c1-10-6-12(16)7-11(2)15(10)20-9-14(19)18-17-8-13-4-3-5-21-13/h3-8H,9H2,1-2H3,(H,18,19)/b17-8+. The molecule has 0 bridgehead atoms. The van der Waals surface area contributed by atoms with Gasteiger partial charge in [0.05, 0.1) is 6.21 Å². The molecular formula is C15H15IN2O2S. The lowest BCUT2D eigenvalue weighted by molar-refractivity contribution is -0.123. The van der Waals surface area contributed by atoms with E-state index >= 15 is 0 Å². The van der Waals surface area contributed by atoms with Gasteiger partial charge in [0, 0.05) is 8.45 Å². The maximum Gasteiger partial charge on any atom is 0.277 e. The zero-order valence-corrected chi connectivity index (χ0v) is 14.7. The maximum atomic E-state index is 11.7. The second-order valence-corrected chi connectivity index (χ2v) is 6.69. The first kappa shape index (κ1) is 16.0. The van der Waals surface area contributed by atoms with Crippen LogP contribution in [0.3, 0.4) is 0 Å². The van der Waals surface area contributed by atoms with E-state index in [2.05, 4.69) is 33.1 Å². The summed E-state index contributed by atoms with van der Waals surface area (Å²) < 4.78 is 6.74. The molecule has 0 fully saturated rings. The maximum absolute atomic E-state index is 11.7. The molecule has 0 aliphatic heterocycles. The van der Waals surface area contributed by atoms with E-state index in [4.69, 9.17) is 4.74 Å². The number of rotatable bonds is 5. The minimum Gasteiger partial charge on any atom is -0.483 e. The lowest BCUT2D eigenvalue weighted by Crippen LogP contribution is -2.25. The smallest absolute Gasteiger partial charge is 0.277 e. The molecule has 110 valence electrons. The minimum absolute atomic E-state index is 0.0515. The van der Waals surface area contributed by atoms with Crippen molar-refractivity contribution in [1.29, 1.82) is 0 Å². The molecule has 2 aromatic rings. The summed E-state index contributed by atoms with van der Waals surface area (Å²) in [4.78, 5) is 12.7. The van der Waals surface area contributed by atoms with E-state index in [1.165, 1.54) is 0 Å². The number of nitrogens with one attached hydrogen (secondary N) is 1. The van der Waals surface area contributed by atoms with E-state index in [-0.39, 0.29) is 12.5 Å². The van der Waals surface area contributed by atoms with Crippen LogP contribution in [-0.4, -0.2) is 18.7 Å². The Kier molecular flexibility index (Phi) is 5.75. The summed E-state index contributed by atoms with van der Waals surface area (Å²) in [6.07, 6.45) is 1.62. The summed E-state index contributed by atoms with van der Waals surface area (Å²) in [6, 6.07) is 7.90. The van der Waals surface area contributed by atoms with Crippen LogP contribution in [0.25, 0.3) is 0 Å². The van der Waals surface area contributed by atoms with Crippen LogP contribution in [0.15, 0.2) is 34.7 Å². The molecule has 1 aromatic carbocycles. The Balaban J connectivity index is 1.87. The van der Waals surface area contributed by atoms with Gasteiger partial charge in [0.25, 0.3) is 5.91 Å². The van der Waals surface area contributed by atoms with Crippen molar-refractivity contribution in [3.63, 3.8) is 0 Å². The van der Waals surface area contributed by atoms with Crippen molar-refractivity contribution in [2.75, 3.05) is 6.61 Å². The molecule has 0 aliphatic rings. The average Bonchev–Trinajstić information content (AvgIpc) is 2.90. The molecule has 1 amide bonds. The van der Waals surface area contributed by atoms with Crippen LogP contribution in [0.1, 0.15) is 16.0 Å². The van der Waals surface area contributed by atoms with Gasteiger partial charge in [0.15, 0.2) is 6.61 Å². The topological polar surface area (TPSA) is 50.7 Å². The summed E-state index contributed by atoms with van der Waals surface area (Å²) in [5, 5.41) is 5.84. The Morgan fingerprint density at radius 2 is 2.14 bits per heavy atom. The lowest BCUT2D eigenvalue weighted by atomic mass is 10.1. The van der Waals surface area contributed by atoms with Crippen molar-refractivity contribution in [2.45, 2.75) is 13.8 Å². The number of aryl methyl sites for hydroxylation is 2. The van der Waals surface area contributed by atoms with Gasteiger partial charge in [-0.2, -0.15) is 5.10 Å². The van der Waals surface area contributed by atoms with E-state index in [0.29, 0.717) is 0 Å². The van der Waals surface area contributed by atoms with Crippen molar-refractivity contribution in [3.05, 3.63) is 49.2 Å². The summed E-state index contributed by atoms with van der Waals surface area (Å²) in [7, 11) is 0.